The molecule has 0 saturated heterocycles. The number of nitrogens with one attached hydrogen (secondary N) is 1. The summed E-state index contributed by atoms with van der Waals surface area (Å²) in [5.41, 5.74) is 1.22. The van der Waals surface area contributed by atoms with Gasteiger partial charge < -0.3 is 5.32 Å². The summed E-state index contributed by atoms with van der Waals surface area (Å²) < 4.78 is 1.50. The molecule has 0 aliphatic heterocycles. The lowest BCUT2D eigenvalue weighted by Crippen LogP contribution is -2.31. The van der Waals surface area contributed by atoms with Crippen molar-refractivity contribution in [2.75, 3.05) is 0 Å². The molecule has 0 bridgehead atoms. The number of rotatable bonds is 4. The van der Waals surface area contributed by atoms with Crippen LogP contribution in [0.1, 0.15) is 18.5 Å². The summed E-state index contributed by atoms with van der Waals surface area (Å²) in [7, 11) is 0. The molecule has 5 nitrogen and oxygen atoms in total. The molecular formula is C18H15Cl2N3O2. The smallest absolute Gasteiger partial charge is 0.242 e. The van der Waals surface area contributed by atoms with Crippen molar-refractivity contribution >= 4 is 40.0 Å². The molecule has 1 heterocycles. The van der Waals surface area contributed by atoms with E-state index >= 15 is 0 Å². The maximum Gasteiger partial charge on any atom is 0.242 e. The molecule has 128 valence electrons. The molecule has 0 unspecified atom stereocenters. The van der Waals surface area contributed by atoms with Gasteiger partial charge in [0, 0.05) is 15.4 Å². The van der Waals surface area contributed by atoms with Gasteiger partial charge in [0.15, 0.2) is 0 Å². The number of hydrogen-bond donors (Lipinski definition) is 1. The quantitative estimate of drug-likeness (QED) is 0.757. The topological polar surface area (TPSA) is 64.0 Å². The molecule has 3 aromatic rings. The average molecular weight is 376 g/mol. The Hall–Kier alpha value is -2.37. The maximum atomic E-state index is 12.4. The molecule has 0 aliphatic carbocycles. The van der Waals surface area contributed by atoms with Crippen LogP contribution < -0.4 is 10.7 Å². The van der Waals surface area contributed by atoms with E-state index in [2.05, 4.69) is 10.4 Å². The molecule has 0 saturated carbocycles. The number of para-hydroxylation sites is 1. The van der Waals surface area contributed by atoms with Gasteiger partial charge in [0.25, 0.3) is 0 Å². The van der Waals surface area contributed by atoms with Crippen LogP contribution in [0, 0.1) is 0 Å². The van der Waals surface area contributed by atoms with Crippen molar-refractivity contribution in [2.24, 2.45) is 0 Å². The Kier molecular flexibility index (Phi) is 5.06. The van der Waals surface area contributed by atoms with Gasteiger partial charge in [0.2, 0.25) is 11.3 Å². The van der Waals surface area contributed by atoms with E-state index in [-0.39, 0.29) is 23.9 Å². The number of aromatic nitrogens is 2. The number of carbonyl (C=O) groups is 1. The monoisotopic (exact) mass is 375 g/mol. The lowest BCUT2D eigenvalue weighted by molar-refractivity contribution is -0.122. The first-order valence-electron chi connectivity index (χ1n) is 7.65. The number of halogens is 2. The number of hydrogen-bond acceptors (Lipinski definition) is 3. The Morgan fingerprint density at radius 2 is 2.00 bits per heavy atom. The van der Waals surface area contributed by atoms with E-state index in [1.54, 1.807) is 42.5 Å². The fraction of sp³-hybridized carbons (Fsp3) is 0.167. The third-order valence-corrected chi connectivity index (χ3v) is 4.42. The summed E-state index contributed by atoms with van der Waals surface area (Å²) in [6.45, 7) is 1.83. The van der Waals surface area contributed by atoms with Gasteiger partial charge in [-0.1, -0.05) is 41.4 Å². The molecule has 1 amide bonds. The van der Waals surface area contributed by atoms with Crippen LogP contribution in [-0.2, 0) is 11.3 Å². The summed E-state index contributed by atoms with van der Waals surface area (Å²) in [6.07, 6.45) is 1.22. The summed E-state index contributed by atoms with van der Waals surface area (Å²) >= 11 is 12.1. The van der Waals surface area contributed by atoms with Crippen LogP contribution in [0.4, 0.5) is 0 Å². The Labute approximate surface area is 154 Å². The summed E-state index contributed by atoms with van der Waals surface area (Å²) in [5, 5.41) is 8.49. The van der Waals surface area contributed by atoms with E-state index in [4.69, 9.17) is 23.2 Å². The number of nitrogens with zero attached hydrogens (tertiary/aromatic N) is 2. The molecule has 1 N–H and O–H groups in total. The first-order chi connectivity index (χ1) is 12.0. The van der Waals surface area contributed by atoms with Crippen LogP contribution in [0.25, 0.3) is 10.9 Å². The van der Waals surface area contributed by atoms with E-state index in [1.165, 1.54) is 10.9 Å². The molecule has 7 heteroatoms. The van der Waals surface area contributed by atoms with Gasteiger partial charge in [-0.3, -0.25) is 14.3 Å². The zero-order chi connectivity index (χ0) is 18.0. The largest absolute Gasteiger partial charge is 0.348 e. The minimum absolute atomic E-state index is 0.00363. The molecule has 2 aromatic carbocycles. The van der Waals surface area contributed by atoms with Gasteiger partial charge in [-0.25, -0.2) is 0 Å². The Morgan fingerprint density at radius 3 is 2.76 bits per heavy atom. The first-order valence-corrected chi connectivity index (χ1v) is 8.40. The van der Waals surface area contributed by atoms with Crippen molar-refractivity contribution in [3.05, 3.63) is 74.5 Å². The van der Waals surface area contributed by atoms with Crippen molar-refractivity contribution in [1.29, 1.82) is 0 Å². The van der Waals surface area contributed by atoms with Crippen LogP contribution in [0.5, 0.6) is 0 Å². The molecule has 0 aliphatic rings. The second kappa shape index (κ2) is 7.25. The number of benzene rings is 2. The fourth-order valence-corrected chi connectivity index (χ4v) is 3.21. The summed E-state index contributed by atoms with van der Waals surface area (Å²) in [5.74, 6) is -0.236. The molecule has 1 aromatic heterocycles. The van der Waals surface area contributed by atoms with Gasteiger partial charge in [0.05, 0.1) is 17.8 Å². The van der Waals surface area contributed by atoms with E-state index in [0.717, 1.165) is 5.56 Å². The molecule has 0 spiro atoms. The van der Waals surface area contributed by atoms with Crippen LogP contribution in [-0.4, -0.2) is 15.7 Å². The highest BCUT2D eigenvalue weighted by molar-refractivity contribution is 6.35. The second-order valence-electron chi connectivity index (χ2n) is 5.64. The van der Waals surface area contributed by atoms with Gasteiger partial charge in [-0.2, -0.15) is 5.10 Å². The zero-order valence-corrected chi connectivity index (χ0v) is 14.9. The van der Waals surface area contributed by atoms with Crippen molar-refractivity contribution < 1.29 is 4.79 Å². The second-order valence-corrected chi connectivity index (χ2v) is 6.48. The van der Waals surface area contributed by atoms with Crippen LogP contribution >= 0.6 is 23.2 Å². The lowest BCUT2D eigenvalue weighted by atomic mass is 10.1. The van der Waals surface area contributed by atoms with Gasteiger partial charge in [0.1, 0.15) is 6.54 Å². The summed E-state index contributed by atoms with van der Waals surface area (Å²) in [6, 6.07) is 11.9. The minimum atomic E-state index is -0.289. The third kappa shape index (κ3) is 3.83. The Balaban J connectivity index is 1.79. The van der Waals surface area contributed by atoms with E-state index in [0.29, 0.717) is 20.9 Å². The zero-order valence-electron chi connectivity index (χ0n) is 13.4. The van der Waals surface area contributed by atoms with Crippen molar-refractivity contribution in [1.82, 2.24) is 15.1 Å². The lowest BCUT2D eigenvalue weighted by Gasteiger charge is -2.17. The highest BCUT2D eigenvalue weighted by atomic mass is 35.5. The first kappa shape index (κ1) is 17.5. The van der Waals surface area contributed by atoms with Crippen molar-refractivity contribution in [3.8, 4) is 0 Å². The molecule has 1 atom stereocenters. The number of amides is 1. The predicted molar refractivity (Wildman–Crippen MR) is 99.0 cm³/mol. The Bertz CT molecular complexity index is 1000. The maximum absolute atomic E-state index is 12.4. The van der Waals surface area contributed by atoms with Crippen LogP contribution in [0.15, 0.2) is 53.5 Å². The molecule has 0 radical (unpaired) electrons. The van der Waals surface area contributed by atoms with Crippen molar-refractivity contribution in [3.63, 3.8) is 0 Å². The number of carbonyl (C=O) groups excluding carboxylic acids is 1. The molecule has 25 heavy (non-hydrogen) atoms. The number of fused-ring (bicyclic) bond motifs is 1. The molecule has 0 fully saturated rings. The van der Waals surface area contributed by atoms with E-state index < -0.39 is 0 Å². The van der Waals surface area contributed by atoms with Gasteiger partial charge in [-0.15, -0.1) is 0 Å². The minimum Gasteiger partial charge on any atom is -0.348 e. The van der Waals surface area contributed by atoms with E-state index in [1.807, 2.05) is 6.92 Å². The summed E-state index contributed by atoms with van der Waals surface area (Å²) in [4.78, 5) is 24.2. The average Bonchev–Trinajstić information content (AvgIpc) is 2.57. The molecular weight excluding hydrogens is 361 g/mol. The van der Waals surface area contributed by atoms with Crippen LogP contribution in [0.2, 0.25) is 10.0 Å². The highest BCUT2D eigenvalue weighted by Gasteiger charge is 2.14. The van der Waals surface area contributed by atoms with Gasteiger partial charge >= 0.3 is 0 Å². The predicted octanol–water partition coefficient (Wildman–Crippen LogP) is 3.58. The third-order valence-electron chi connectivity index (χ3n) is 3.86. The standard InChI is InChI=1S/C18H15Cl2N3O2/c1-11(13-7-6-12(19)8-15(13)20)22-18(25)10-23-16-5-3-2-4-14(16)17(24)9-21-23/h2-9,11H,10H2,1H3,(H,22,25)/t11-/m0/s1. The SMILES string of the molecule is C[C@H](NC(=O)Cn1ncc(=O)c2ccccc21)c1ccc(Cl)cc1Cl. The van der Waals surface area contributed by atoms with Crippen LogP contribution in [0.3, 0.4) is 0 Å². The van der Waals surface area contributed by atoms with E-state index in [9.17, 15) is 9.59 Å². The highest BCUT2D eigenvalue weighted by Crippen LogP contribution is 2.26. The normalized spacial score (nSPS) is 12.1. The van der Waals surface area contributed by atoms with Crippen molar-refractivity contribution in [2.45, 2.75) is 19.5 Å². The molecule has 3 rings (SSSR count). The van der Waals surface area contributed by atoms with Gasteiger partial charge in [-0.05, 0) is 36.8 Å². The Morgan fingerprint density at radius 1 is 1.24 bits per heavy atom. The fourth-order valence-electron chi connectivity index (χ4n) is 2.64.